The number of hydrogen-bond donors (Lipinski definition) is 1. The van der Waals surface area contributed by atoms with Gasteiger partial charge in [0.2, 0.25) is 0 Å². The zero-order chi connectivity index (χ0) is 15.0. The zero-order valence-electron chi connectivity index (χ0n) is 12.7. The van der Waals surface area contributed by atoms with E-state index in [9.17, 15) is 0 Å². The third-order valence-corrected chi connectivity index (χ3v) is 3.98. The first-order valence-electron chi connectivity index (χ1n) is 6.70. The molecule has 6 heteroatoms. The Hall–Kier alpha value is -1.42. The largest absolute Gasteiger partial charge is 0.496 e. The molecule has 1 saturated heterocycles. The summed E-state index contributed by atoms with van der Waals surface area (Å²) in [5, 5.41) is 12.1. The lowest BCUT2D eigenvalue weighted by molar-refractivity contribution is 0.00578. The monoisotopic (exact) mass is 273 g/mol. The fourth-order valence-electron chi connectivity index (χ4n) is 2.06. The van der Waals surface area contributed by atoms with Gasteiger partial charge in [0.05, 0.1) is 22.5 Å². The molecule has 20 heavy (non-hydrogen) atoms. The molecular formula is C14H20BN3O2. The van der Waals surface area contributed by atoms with Gasteiger partial charge in [-0.05, 0) is 40.8 Å². The van der Waals surface area contributed by atoms with Crippen molar-refractivity contribution in [3.05, 3.63) is 23.5 Å². The number of nitriles is 1. The molecule has 106 valence electrons. The Labute approximate surface area is 120 Å². The SMILES string of the molecule is CNCc1ncc(C#N)cc1B1OC(C)(C)C(C)(C)O1. The van der Waals surface area contributed by atoms with E-state index in [1.54, 1.807) is 12.3 Å². The summed E-state index contributed by atoms with van der Waals surface area (Å²) in [5.41, 5.74) is 1.35. The highest BCUT2D eigenvalue weighted by atomic mass is 16.7. The number of nitrogens with one attached hydrogen (secondary N) is 1. The van der Waals surface area contributed by atoms with E-state index < -0.39 is 18.3 Å². The van der Waals surface area contributed by atoms with Crippen LogP contribution in [-0.2, 0) is 15.9 Å². The normalized spacial score (nSPS) is 19.9. The summed E-state index contributed by atoms with van der Waals surface area (Å²) in [7, 11) is 1.36. The highest BCUT2D eigenvalue weighted by molar-refractivity contribution is 6.62. The smallest absolute Gasteiger partial charge is 0.399 e. The standard InChI is InChI=1S/C14H20BN3O2/c1-13(2)14(3,4)20-15(19-13)11-6-10(7-16)8-18-12(11)9-17-5/h6,8,17H,9H2,1-5H3. The lowest BCUT2D eigenvalue weighted by atomic mass is 9.77. The van der Waals surface area contributed by atoms with Crippen LogP contribution in [0.2, 0.25) is 0 Å². The molecule has 0 unspecified atom stereocenters. The van der Waals surface area contributed by atoms with Gasteiger partial charge in [-0.2, -0.15) is 5.26 Å². The number of nitrogens with zero attached hydrogens (tertiary/aromatic N) is 2. The molecule has 1 aromatic heterocycles. The van der Waals surface area contributed by atoms with Gasteiger partial charge in [-0.3, -0.25) is 4.98 Å². The molecule has 0 atom stereocenters. The molecule has 0 bridgehead atoms. The molecule has 0 saturated carbocycles. The molecular weight excluding hydrogens is 253 g/mol. The van der Waals surface area contributed by atoms with Crippen molar-refractivity contribution in [1.82, 2.24) is 10.3 Å². The summed E-state index contributed by atoms with van der Waals surface area (Å²) in [6.45, 7) is 8.63. The average Bonchev–Trinajstić information content (AvgIpc) is 2.59. The van der Waals surface area contributed by atoms with Crippen LogP contribution in [0.15, 0.2) is 12.3 Å². The minimum Gasteiger partial charge on any atom is -0.399 e. The van der Waals surface area contributed by atoms with Crippen molar-refractivity contribution < 1.29 is 9.31 Å². The lowest BCUT2D eigenvalue weighted by Crippen LogP contribution is -2.41. The summed E-state index contributed by atoms with van der Waals surface area (Å²) in [6.07, 6.45) is 1.57. The maximum atomic E-state index is 9.04. The summed E-state index contributed by atoms with van der Waals surface area (Å²) < 4.78 is 12.1. The Morgan fingerprint density at radius 3 is 2.40 bits per heavy atom. The molecule has 5 nitrogen and oxygen atoms in total. The molecule has 0 aliphatic carbocycles. The van der Waals surface area contributed by atoms with Crippen LogP contribution in [0.1, 0.15) is 39.0 Å². The van der Waals surface area contributed by atoms with Crippen molar-refractivity contribution in [3.8, 4) is 6.07 Å². The first kappa shape index (κ1) is 15.0. The minimum absolute atomic E-state index is 0.406. The summed E-state index contributed by atoms with van der Waals surface area (Å²) in [5.74, 6) is 0. The van der Waals surface area contributed by atoms with Crippen molar-refractivity contribution in [2.24, 2.45) is 0 Å². The Balaban J connectivity index is 2.40. The van der Waals surface area contributed by atoms with Crippen LogP contribution >= 0.6 is 0 Å². The van der Waals surface area contributed by atoms with E-state index in [0.29, 0.717) is 12.1 Å². The quantitative estimate of drug-likeness (QED) is 0.831. The van der Waals surface area contributed by atoms with E-state index in [2.05, 4.69) is 16.4 Å². The summed E-state index contributed by atoms with van der Waals surface area (Å²) in [4.78, 5) is 4.33. The van der Waals surface area contributed by atoms with Gasteiger partial charge in [-0.1, -0.05) is 0 Å². The Kier molecular flexibility index (Phi) is 3.87. The molecule has 1 aliphatic rings. The van der Waals surface area contributed by atoms with E-state index in [0.717, 1.165) is 11.2 Å². The second-order valence-corrected chi connectivity index (χ2v) is 5.99. The summed E-state index contributed by atoms with van der Waals surface area (Å²) in [6, 6.07) is 3.90. The molecule has 2 rings (SSSR count). The Bertz CT molecular complexity index is 536. The van der Waals surface area contributed by atoms with E-state index in [4.69, 9.17) is 14.6 Å². The van der Waals surface area contributed by atoms with Crippen molar-refractivity contribution in [1.29, 1.82) is 5.26 Å². The first-order chi connectivity index (χ1) is 9.30. The van der Waals surface area contributed by atoms with Gasteiger partial charge in [0.15, 0.2) is 0 Å². The lowest BCUT2D eigenvalue weighted by Gasteiger charge is -2.32. The summed E-state index contributed by atoms with van der Waals surface area (Å²) >= 11 is 0. The topological polar surface area (TPSA) is 67.2 Å². The Morgan fingerprint density at radius 1 is 1.30 bits per heavy atom. The minimum atomic E-state index is -0.496. The number of hydrogen-bond acceptors (Lipinski definition) is 5. The van der Waals surface area contributed by atoms with Gasteiger partial charge in [-0.15, -0.1) is 0 Å². The fourth-order valence-corrected chi connectivity index (χ4v) is 2.06. The van der Waals surface area contributed by atoms with Crippen molar-refractivity contribution >= 4 is 12.6 Å². The van der Waals surface area contributed by atoms with E-state index in [-0.39, 0.29) is 0 Å². The highest BCUT2D eigenvalue weighted by Gasteiger charge is 2.52. The molecule has 0 radical (unpaired) electrons. The molecule has 1 aliphatic heterocycles. The number of rotatable bonds is 3. The fraction of sp³-hybridized carbons (Fsp3) is 0.571. The van der Waals surface area contributed by atoms with Crippen LogP contribution in [0.5, 0.6) is 0 Å². The number of pyridine rings is 1. The van der Waals surface area contributed by atoms with E-state index >= 15 is 0 Å². The predicted octanol–water partition coefficient (Wildman–Crippen LogP) is 0.972. The van der Waals surface area contributed by atoms with Gasteiger partial charge in [0.25, 0.3) is 0 Å². The van der Waals surface area contributed by atoms with E-state index in [1.165, 1.54) is 0 Å². The third kappa shape index (κ3) is 2.57. The van der Waals surface area contributed by atoms with Gasteiger partial charge in [0, 0.05) is 18.2 Å². The maximum absolute atomic E-state index is 9.04. The van der Waals surface area contributed by atoms with Crippen LogP contribution in [0.25, 0.3) is 0 Å². The molecule has 0 aromatic carbocycles. The van der Waals surface area contributed by atoms with Crippen molar-refractivity contribution in [2.45, 2.75) is 45.4 Å². The van der Waals surface area contributed by atoms with Crippen LogP contribution in [0.3, 0.4) is 0 Å². The first-order valence-corrected chi connectivity index (χ1v) is 6.70. The van der Waals surface area contributed by atoms with Crippen LogP contribution in [-0.4, -0.2) is 30.4 Å². The van der Waals surface area contributed by atoms with Gasteiger partial charge in [-0.25, -0.2) is 0 Å². The second-order valence-electron chi connectivity index (χ2n) is 5.99. The molecule has 1 aromatic rings. The van der Waals surface area contributed by atoms with Crippen LogP contribution in [0, 0.1) is 11.3 Å². The highest BCUT2D eigenvalue weighted by Crippen LogP contribution is 2.36. The van der Waals surface area contributed by atoms with Crippen LogP contribution < -0.4 is 10.8 Å². The molecule has 0 spiro atoms. The zero-order valence-corrected chi connectivity index (χ0v) is 12.7. The molecule has 1 N–H and O–H groups in total. The van der Waals surface area contributed by atoms with Gasteiger partial charge in [0.1, 0.15) is 6.07 Å². The van der Waals surface area contributed by atoms with Gasteiger partial charge < -0.3 is 14.6 Å². The van der Waals surface area contributed by atoms with Crippen molar-refractivity contribution in [2.75, 3.05) is 7.05 Å². The number of aromatic nitrogens is 1. The maximum Gasteiger partial charge on any atom is 0.496 e. The van der Waals surface area contributed by atoms with Gasteiger partial charge >= 0.3 is 7.12 Å². The third-order valence-electron chi connectivity index (χ3n) is 3.98. The van der Waals surface area contributed by atoms with E-state index in [1.807, 2.05) is 34.7 Å². The second kappa shape index (κ2) is 5.17. The predicted molar refractivity (Wildman–Crippen MR) is 77.4 cm³/mol. The molecule has 0 amide bonds. The average molecular weight is 273 g/mol. The Morgan fingerprint density at radius 2 is 1.90 bits per heavy atom. The molecule has 2 heterocycles. The van der Waals surface area contributed by atoms with Crippen molar-refractivity contribution in [3.63, 3.8) is 0 Å². The molecule has 1 fully saturated rings. The van der Waals surface area contributed by atoms with Crippen LogP contribution in [0.4, 0.5) is 0 Å².